The maximum atomic E-state index is 12.9. The maximum Gasteiger partial charge on any atom is 0.276 e. The van der Waals surface area contributed by atoms with Gasteiger partial charge in [-0.1, -0.05) is 35.6 Å². The van der Waals surface area contributed by atoms with Crippen LogP contribution in [0.4, 0.5) is 5.13 Å². The lowest BCUT2D eigenvalue weighted by molar-refractivity contribution is -0.132. The highest BCUT2D eigenvalue weighted by Gasteiger charge is 2.25. The fourth-order valence-electron chi connectivity index (χ4n) is 3.64. The number of thiazole rings is 1. The molecule has 1 aromatic carbocycles. The highest BCUT2D eigenvalue weighted by molar-refractivity contribution is 7.15. The Morgan fingerprint density at radius 2 is 1.97 bits per heavy atom. The van der Waals surface area contributed by atoms with Gasteiger partial charge in [-0.25, -0.2) is 4.98 Å². The van der Waals surface area contributed by atoms with Crippen LogP contribution in [0.15, 0.2) is 60.9 Å². The summed E-state index contributed by atoms with van der Waals surface area (Å²) in [4.78, 5) is 36.7. The second-order valence-corrected chi connectivity index (χ2v) is 8.21. The van der Waals surface area contributed by atoms with Crippen LogP contribution in [0.3, 0.4) is 0 Å². The smallest absolute Gasteiger partial charge is 0.276 e. The Morgan fingerprint density at radius 1 is 1.10 bits per heavy atom. The summed E-state index contributed by atoms with van der Waals surface area (Å²) in [7, 11) is 0. The van der Waals surface area contributed by atoms with Crippen LogP contribution in [0.1, 0.15) is 21.1 Å². The number of para-hydroxylation sites is 1. The Balaban J connectivity index is 1.27. The summed E-state index contributed by atoms with van der Waals surface area (Å²) >= 11 is 1.42. The maximum absolute atomic E-state index is 12.9. The van der Waals surface area contributed by atoms with Gasteiger partial charge in [0.25, 0.3) is 5.91 Å². The van der Waals surface area contributed by atoms with E-state index >= 15 is 0 Å². The predicted octanol–water partition coefficient (Wildman–Crippen LogP) is 3.33. The van der Waals surface area contributed by atoms with Crippen LogP contribution in [0.25, 0.3) is 10.9 Å². The molecule has 150 valence electrons. The molecule has 30 heavy (non-hydrogen) atoms. The molecular weight excluding hydrogens is 398 g/mol. The van der Waals surface area contributed by atoms with Crippen molar-refractivity contribution < 1.29 is 9.59 Å². The number of carbonyl (C=O) groups excluding carboxylic acids is 2. The van der Waals surface area contributed by atoms with E-state index in [-0.39, 0.29) is 11.8 Å². The number of fused-ring (bicyclic) bond motifs is 2. The van der Waals surface area contributed by atoms with E-state index in [0.717, 1.165) is 21.5 Å². The summed E-state index contributed by atoms with van der Waals surface area (Å²) in [5, 5.41) is 4.48. The number of hydrogen-bond acceptors (Lipinski definition) is 5. The molecule has 0 aliphatic carbocycles. The molecule has 0 spiro atoms. The molecule has 8 heteroatoms. The molecule has 3 aromatic heterocycles. The Kier molecular flexibility index (Phi) is 4.76. The van der Waals surface area contributed by atoms with Gasteiger partial charge in [-0.3, -0.25) is 19.9 Å². The standard InChI is InChI=1S/C22H19N5O2S/c28-20(14-26-11-8-15-5-1-2-7-18(15)26)27-12-9-16-19(13-27)30-22(24-16)25-21(29)17-6-3-4-10-23-17/h1-8,10-11H,9,12-14H2,(H,24,25,29). The normalized spacial score (nSPS) is 13.3. The lowest BCUT2D eigenvalue weighted by atomic mass is 10.2. The average Bonchev–Trinajstić information content (AvgIpc) is 3.37. The number of benzene rings is 1. The first-order chi connectivity index (χ1) is 14.7. The number of nitrogens with zero attached hydrogens (tertiary/aromatic N) is 4. The Morgan fingerprint density at radius 3 is 2.83 bits per heavy atom. The summed E-state index contributed by atoms with van der Waals surface area (Å²) in [6.45, 7) is 1.46. The molecule has 0 unspecified atom stereocenters. The highest BCUT2D eigenvalue weighted by Crippen LogP contribution is 2.29. The van der Waals surface area contributed by atoms with Gasteiger partial charge >= 0.3 is 0 Å². The van der Waals surface area contributed by atoms with Crippen LogP contribution >= 0.6 is 11.3 Å². The molecule has 5 rings (SSSR count). The molecule has 0 fully saturated rings. The number of hydrogen-bond donors (Lipinski definition) is 1. The van der Waals surface area contributed by atoms with Gasteiger partial charge in [-0.2, -0.15) is 0 Å². The molecule has 2 amide bonds. The summed E-state index contributed by atoms with van der Waals surface area (Å²) in [5.74, 6) is -0.205. The first-order valence-corrected chi connectivity index (χ1v) is 10.5. The SMILES string of the molecule is O=C(Nc1nc2c(s1)CN(C(=O)Cn1ccc3ccccc31)CC2)c1ccccn1. The molecule has 0 saturated carbocycles. The van der Waals surface area contributed by atoms with Crippen molar-refractivity contribution in [3.63, 3.8) is 0 Å². The number of anilines is 1. The minimum atomic E-state index is -0.283. The molecule has 1 N–H and O–H groups in total. The van der Waals surface area contributed by atoms with Crippen molar-refractivity contribution in [1.82, 2.24) is 19.4 Å². The molecule has 0 radical (unpaired) electrons. The van der Waals surface area contributed by atoms with Crippen LogP contribution < -0.4 is 5.32 Å². The van der Waals surface area contributed by atoms with Crippen molar-refractivity contribution in [2.24, 2.45) is 0 Å². The summed E-state index contributed by atoms with van der Waals surface area (Å²) in [6.07, 6.45) is 4.22. The van der Waals surface area contributed by atoms with Gasteiger partial charge in [-0.05, 0) is 29.7 Å². The lowest BCUT2D eigenvalue weighted by Gasteiger charge is -2.26. The molecule has 4 heterocycles. The van der Waals surface area contributed by atoms with Crippen molar-refractivity contribution in [3.8, 4) is 0 Å². The molecule has 7 nitrogen and oxygen atoms in total. The minimum Gasteiger partial charge on any atom is -0.338 e. The van der Waals surface area contributed by atoms with Gasteiger partial charge in [-0.15, -0.1) is 0 Å². The van der Waals surface area contributed by atoms with Crippen LogP contribution in [0, 0.1) is 0 Å². The Labute approximate surface area is 177 Å². The largest absolute Gasteiger partial charge is 0.338 e. The van der Waals surface area contributed by atoms with Crippen molar-refractivity contribution >= 4 is 39.2 Å². The Hall–Kier alpha value is -3.52. The topological polar surface area (TPSA) is 80.1 Å². The van der Waals surface area contributed by atoms with Crippen molar-refractivity contribution in [2.45, 2.75) is 19.5 Å². The first-order valence-electron chi connectivity index (χ1n) is 9.70. The molecule has 1 aliphatic heterocycles. The number of pyridine rings is 1. The molecular formula is C22H19N5O2S. The van der Waals surface area contributed by atoms with Gasteiger partial charge in [0.15, 0.2) is 5.13 Å². The Bertz CT molecular complexity index is 1230. The van der Waals surface area contributed by atoms with Gasteiger partial charge in [0.2, 0.25) is 5.91 Å². The molecule has 4 aromatic rings. The quantitative estimate of drug-likeness (QED) is 0.552. The van der Waals surface area contributed by atoms with Crippen molar-refractivity contribution in [1.29, 1.82) is 0 Å². The van der Waals surface area contributed by atoms with E-state index < -0.39 is 0 Å². The monoisotopic (exact) mass is 417 g/mol. The van der Waals surface area contributed by atoms with E-state index in [9.17, 15) is 9.59 Å². The molecule has 0 bridgehead atoms. The van der Waals surface area contributed by atoms with E-state index in [4.69, 9.17) is 0 Å². The second-order valence-electron chi connectivity index (χ2n) is 7.13. The van der Waals surface area contributed by atoms with E-state index in [1.165, 1.54) is 11.3 Å². The summed E-state index contributed by atoms with van der Waals surface area (Å²) < 4.78 is 1.98. The van der Waals surface area contributed by atoms with E-state index in [0.29, 0.717) is 36.9 Å². The number of aromatic nitrogens is 3. The zero-order valence-corrected chi connectivity index (χ0v) is 16.9. The third-order valence-corrected chi connectivity index (χ3v) is 6.19. The number of rotatable bonds is 4. The van der Waals surface area contributed by atoms with Crippen molar-refractivity contribution in [3.05, 3.63) is 77.2 Å². The fraction of sp³-hybridized carbons (Fsp3) is 0.182. The lowest BCUT2D eigenvalue weighted by Crippen LogP contribution is -2.37. The molecule has 1 aliphatic rings. The minimum absolute atomic E-state index is 0.0782. The summed E-state index contributed by atoms with van der Waals surface area (Å²) in [6, 6.07) is 15.3. The van der Waals surface area contributed by atoms with E-state index in [2.05, 4.69) is 15.3 Å². The third-order valence-electron chi connectivity index (χ3n) is 5.19. The van der Waals surface area contributed by atoms with Crippen LogP contribution in [-0.4, -0.2) is 37.8 Å². The molecule has 0 atom stereocenters. The van der Waals surface area contributed by atoms with Crippen LogP contribution in [0.5, 0.6) is 0 Å². The van der Waals surface area contributed by atoms with Gasteiger partial charge in [0, 0.05) is 35.8 Å². The van der Waals surface area contributed by atoms with Crippen LogP contribution in [0.2, 0.25) is 0 Å². The zero-order chi connectivity index (χ0) is 20.5. The number of nitrogens with one attached hydrogen (secondary N) is 1. The average molecular weight is 417 g/mol. The highest BCUT2D eigenvalue weighted by atomic mass is 32.1. The number of amides is 2. The predicted molar refractivity (Wildman–Crippen MR) is 115 cm³/mol. The summed E-state index contributed by atoms with van der Waals surface area (Å²) in [5.41, 5.74) is 2.36. The zero-order valence-electron chi connectivity index (χ0n) is 16.1. The number of carbonyl (C=O) groups is 2. The van der Waals surface area contributed by atoms with Gasteiger partial charge in [0.05, 0.1) is 12.2 Å². The van der Waals surface area contributed by atoms with E-state index in [1.807, 2.05) is 46.0 Å². The van der Waals surface area contributed by atoms with Crippen LogP contribution in [-0.2, 0) is 24.3 Å². The second kappa shape index (κ2) is 7.72. The third kappa shape index (κ3) is 3.57. The molecule has 0 saturated heterocycles. The van der Waals surface area contributed by atoms with Gasteiger partial charge in [0.1, 0.15) is 12.2 Å². The first kappa shape index (κ1) is 18.5. The van der Waals surface area contributed by atoms with E-state index in [1.54, 1.807) is 24.4 Å². The fourth-order valence-corrected chi connectivity index (χ4v) is 4.66. The van der Waals surface area contributed by atoms with Crippen molar-refractivity contribution in [2.75, 3.05) is 11.9 Å². The van der Waals surface area contributed by atoms with Gasteiger partial charge < -0.3 is 9.47 Å².